The largest absolute Gasteiger partial charge is 0.478 e. The number of fused-ring (bicyclic) bond motifs is 1. The molecule has 0 unspecified atom stereocenters. The van der Waals surface area contributed by atoms with Gasteiger partial charge in [-0.1, -0.05) is 11.6 Å². The van der Waals surface area contributed by atoms with Crippen LogP contribution in [0.3, 0.4) is 0 Å². The first kappa shape index (κ1) is 22.5. The summed E-state index contributed by atoms with van der Waals surface area (Å²) in [4.78, 5) is 19.5. The molecule has 0 saturated heterocycles. The maximum Gasteiger partial charge on any atom is 0.328 e. The second-order valence-electron chi connectivity index (χ2n) is 8.30. The van der Waals surface area contributed by atoms with Crippen LogP contribution < -0.4 is 10.5 Å². The molecule has 1 aliphatic carbocycles. The van der Waals surface area contributed by atoms with E-state index >= 15 is 0 Å². The Bertz CT molecular complexity index is 1420. The number of ether oxygens (including phenoxy) is 1. The third kappa shape index (κ3) is 4.42. The summed E-state index contributed by atoms with van der Waals surface area (Å²) >= 11 is 0. The number of carboxylic acid groups (broad SMARTS) is 1. The lowest BCUT2D eigenvalue weighted by Gasteiger charge is -2.24. The van der Waals surface area contributed by atoms with Gasteiger partial charge < -0.3 is 15.6 Å². The van der Waals surface area contributed by atoms with E-state index in [1.54, 1.807) is 24.3 Å². The van der Waals surface area contributed by atoms with Gasteiger partial charge in [0.25, 0.3) is 0 Å². The Hall–Kier alpha value is -4.34. The minimum Gasteiger partial charge on any atom is -0.478 e. The lowest BCUT2D eigenvalue weighted by Crippen LogP contribution is -2.16. The van der Waals surface area contributed by atoms with Crippen molar-refractivity contribution in [3.63, 3.8) is 0 Å². The minimum absolute atomic E-state index is 0.0260. The van der Waals surface area contributed by atoms with Crippen molar-refractivity contribution in [3.8, 4) is 22.8 Å². The van der Waals surface area contributed by atoms with Crippen LogP contribution in [0.5, 0.6) is 11.5 Å². The molecule has 178 valence electrons. The number of carbonyl (C=O) groups is 1. The lowest BCUT2D eigenvalue weighted by atomic mass is 9.90. The smallest absolute Gasteiger partial charge is 0.328 e. The van der Waals surface area contributed by atoms with Crippen molar-refractivity contribution in [2.45, 2.75) is 31.7 Å². The Morgan fingerprint density at radius 1 is 1.09 bits per heavy atom. The molecule has 0 radical (unpaired) electrons. The minimum atomic E-state index is -0.934. The number of allylic oxidation sites excluding steroid dienone is 1. The van der Waals surface area contributed by atoms with Crippen molar-refractivity contribution in [2.75, 3.05) is 5.73 Å². The average molecular weight is 477 g/mol. The van der Waals surface area contributed by atoms with E-state index in [1.807, 2.05) is 4.68 Å². The molecule has 1 aliphatic rings. The number of anilines is 1. The zero-order valence-corrected chi connectivity index (χ0v) is 18.5. The number of aromatic nitrogens is 4. The van der Waals surface area contributed by atoms with Crippen molar-refractivity contribution >= 4 is 22.8 Å². The Morgan fingerprint density at radius 2 is 1.77 bits per heavy atom. The van der Waals surface area contributed by atoms with Crippen molar-refractivity contribution < 1.29 is 23.4 Å². The van der Waals surface area contributed by atoms with Crippen LogP contribution in [-0.2, 0) is 4.79 Å². The maximum atomic E-state index is 13.9. The third-order valence-electron chi connectivity index (χ3n) is 6.06. The molecule has 0 amide bonds. The SMILES string of the molecule is Nc1ncnc2c1c(-c1ccc(Oc3c(F)cccc3F)cc1)nn2C1CCC(=CC(=O)O)CC1. The van der Waals surface area contributed by atoms with Gasteiger partial charge in [0, 0.05) is 11.6 Å². The summed E-state index contributed by atoms with van der Waals surface area (Å²) < 4.78 is 35.1. The molecule has 1 saturated carbocycles. The summed E-state index contributed by atoms with van der Waals surface area (Å²) in [5.74, 6) is -2.45. The summed E-state index contributed by atoms with van der Waals surface area (Å²) in [5.41, 5.74) is 8.98. The molecule has 4 aromatic rings. The highest BCUT2D eigenvalue weighted by Gasteiger charge is 2.25. The van der Waals surface area contributed by atoms with E-state index in [9.17, 15) is 13.6 Å². The number of benzene rings is 2. The van der Waals surface area contributed by atoms with Gasteiger partial charge in [0.15, 0.2) is 23.0 Å². The van der Waals surface area contributed by atoms with Crippen LogP contribution in [0.4, 0.5) is 14.6 Å². The zero-order valence-electron chi connectivity index (χ0n) is 18.5. The molecular formula is C25H21F2N5O3. The van der Waals surface area contributed by atoms with E-state index in [0.717, 1.165) is 30.5 Å². The Labute approximate surface area is 198 Å². The Balaban J connectivity index is 1.47. The quantitative estimate of drug-likeness (QED) is 0.376. The van der Waals surface area contributed by atoms with Crippen LogP contribution in [-0.4, -0.2) is 30.8 Å². The van der Waals surface area contributed by atoms with Crippen LogP contribution in [0, 0.1) is 11.6 Å². The van der Waals surface area contributed by atoms with Gasteiger partial charge in [0.1, 0.15) is 23.6 Å². The van der Waals surface area contributed by atoms with Crippen molar-refractivity contribution in [3.05, 3.63) is 72.1 Å². The number of nitrogens with zero attached hydrogens (tertiary/aromatic N) is 4. The van der Waals surface area contributed by atoms with E-state index in [-0.39, 0.29) is 17.6 Å². The van der Waals surface area contributed by atoms with Crippen molar-refractivity contribution in [2.24, 2.45) is 0 Å². The highest BCUT2D eigenvalue weighted by molar-refractivity contribution is 5.98. The van der Waals surface area contributed by atoms with Gasteiger partial charge in [-0.25, -0.2) is 28.2 Å². The van der Waals surface area contributed by atoms with Gasteiger partial charge in [0.05, 0.1) is 11.4 Å². The van der Waals surface area contributed by atoms with Crippen LogP contribution in [0.1, 0.15) is 31.7 Å². The van der Waals surface area contributed by atoms with E-state index in [4.69, 9.17) is 20.7 Å². The predicted molar refractivity (Wildman–Crippen MR) is 125 cm³/mol. The number of carboxylic acids is 1. The Morgan fingerprint density at radius 3 is 2.43 bits per heavy atom. The van der Waals surface area contributed by atoms with E-state index in [2.05, 4.69) is 9.97 Å². The summed E-state index contributed by atoms with van der Waals surface area (Å²) in [6.45, 7) is 0. The van der Waals surface area contributed by atoms with Gasteiger partial charge in [-0.15, -0.1) is 0 Å². The molecule has 3 N–H and O–H groups in total. The monoisotopic (exact) mass is 477 g/mol. The number of nitrogen functional groups attached to an aromatic ring is 1. The predicted octanol–water partition coefficient (Wildman–Crippen LogP) is 5.27. The van der Waals surface area contributed by atoms with Gasteiger partial charge in [-0.05, 0) is 62.1 Å². The normalized spacial score (nSPS) is 15.8. The molecule has 2 aromatic carbocycles. The fourth-order valence-electron chi connectivity index (χ4n) is 4.37. The van der Waals surface area contributed by atoms with E-state index in [0.29, 0.717) is 35.1 Å². The standard InChI is InChI=1S/C25H21F2N5O3/c26-18-2-1-3-19(27)23(18)35-17-10-6-15(7-11-17)22-21-24(28)29-13-30-25(21)32(31-22)16-8-4-14(5-9-16)12-20(33)34/h1-3,6-7,10-13,16H,4-5,8-9H2,(H,33,34)(H2,28,29,30). The lowest BCUT2D eigenvalue weighted by molar-refractivity contribution is -0.131. The first-order chi connectivity index (χ1) is 16.9. The van der Waals surface area contributed by atoms with Crippen LogP contribution >= 0.6 is 0 Å². The summed E-state index contributed by atoms with van der Waals surface area (Å²) in [6.07, 6.45) is 5.43. The fourth-order valence-corrected chi connectivity index (χ4v) is 4.37. The van der Waals surface area contributed by atoms with Gasteiger partial charge in [-0.3, -0.25) is 0 Å². The molecule has 0 aliphatic heterocycles. The zero-order chi connectivity index (χ0) is 24.5. The second kappa shape index (κ2) is 9.13. The average Bonchev–Trinajstić information content (AvgIpc) is 3.23. The molecule has 0 bridgehead atoms. The molecule has 10 heteroatoms. The number of aliphatic carboxylic acids is 1. The van der Waals surface area contributed by atoms with E-state index < -0.39 is 23.4 Å². The summed E-state index contributed by atoms with van der Waals surface area (Å²) in [6, 6.07) is 10.2. The number of hydrogen-bond donors (Lipinski definition) is 2. The van der Waals surface area contributed by atoms with Crippen molar-refractivity contribution in [1.29, 1.82) is 0 Å². The second-order valence-corrected chi connectivity index (χ2v) is 8.30. The molecule has 0 atom stereocenters. The summed E-state index contributed by atoms with van der Waals surface area (Å²) in [7, 11) is 0. The number of hydrogen-bond acceptors (Lipinski definition) is 6. The van der Waals surface area contributed by atoms with Gasteiger partial charge in [-0.2, -0.15) is 5.10 Å². The molecule has 8 nitrogen and oxygen atoms in total. The fraction of sp³-hybridized carbons (Fsp3) is 0.200. The Kier molecular flexibility index (Phi) is 5.86. The van der Waals surface area contributed by atoms with Gasteiger partial charge >= 0.3 is 5.97 Å². The molecule has 2 aromatic heterocycles. The van der Waals surface area contributed by atoms with Gasteiger partial charge in [0.2, 0.25) is 0 Å². The number of rotatable bonds is 5. The number of halogens is 2. The molecule has 35 heavy (non-hydrogen) atoms. The maximum absolute atomic E-state index is 13.9. The summed E-state index contributed by atoms with van der Waals surface area (Å²) in [5, 5.41) is 14.4. The van der Waals surface area contributed by atoms with E-state index in [1.165, 1.54) is 18.5 Å². The first-order valence-electron chi connectivity index (χ1n) is 11.0. The molecular weight excluding hydrogens is 456 g/mol. The highest BCUT2D eigenvalue weighted by Crippen LogP contribution is 2.38. The molecule has 1 fully saturated rings. The van der Waals surface area contributed by atoms with Crippen LogP contribution in [0.25, 0.3) is 22.3 Å². The molecule has 2 heterocycles. The number of nitrogens with two attached hydrogens (primary N) is 1. The van der Waals surface area contributed by atoms with Crippen LogP contribution in [0.15, 0.2) is 60.4 Å². The molecule has 0 spiro atoms. The number of para-hydroxylation sites is 1. The topological polar surface area (TPSA) is 116 Å². The van der Waals surface area contributed by atoms with Crippen molar-refractivity contribution in [1.82, 2.24) is 19.7 Å². The highest BCUT2D eigenvalue weighted by atomic mass is 19.1. The third-order valence-corrected chi connectivity index (χ3v) is 6.06. The van der Waals surface area contributed by atoms with Crippen LogP contribution in [0.2, 0.25) is 0 Å². The molecule has 5 rings (SSSR count). The first-order valence-corrected chi connectivity index (χ1v) is 11.0.